The van der Waals surface area contributed by atoms with Crippen LogP contribution < -0.4 is 0 Å². The lowest BCUT2D eigenvalue weighted by atomic mass is 10.0. The number of carbonyl (C=O) groups is 1. The number of carbonyl (C=O) groups excluding carboxylic acids is 1. The van der Waals surface area contributed by atoms with Gasteiger partial charge in [0.05, 0.1) is 24.3 Å². The van der Waals surface area contributed by atoms with Gasteiger partial charge in [0.2, 0.25) is 0 Å². The van der Waals surface area contributed by atoms with E-state index in [2.05, 4.69) is 5.16 Å². The molecule has 0 saturated carbocycles. The van der Waals surface area contributed by atoms with Crippen molar-refractivity contribution < 1.29 is 22.2 Å². The standard InChI is InChI=1S/C21H22N2O5S/c1-14-5-6-16(10-15(14)2)20-11-19(22-28-20)21(24)23(12-18-4-3-8-27-18)17-7-9-29(25,26)13-17/h3-6,8,10-11,17H,7,9,12-13H2,1-2H3. The first-order valence-electron chi connectivity index (χ1n) is 9.40. The second kappa shape index (κ2) is 7.51. The van der Waals surface area contributed by atoms with Crippen molar-refractivity contribution in [1.29, 1.82) is 0 Å². The number of furan rings is 1. The Morgan fingerprint density at radius 3 is 2.69 bits per heavy atom. The van der Waals surface area contributed by atoms with Crippen LogP contribution in [0.3, 0.4) is 0 Å². The fraction of sp³-hybridized carbons (Fsp3) is 0.333. The van der Waals surface area contributed by atoms with E-state index in [9.17, 15) is 13.2 Å². The lowest BCUT2D eigenvalue weighted by Gasteiger charge is -2.26. The molecule has 0 radical (unpaired) electrons. The zero-order chi connectivity index (χ0) is 20.6. The molecule has 0 spiro atoms. The molecule has 1 atom stereocenters. The normalized spacial score (nSPS) is 18.1. The Bertz CT molecular complexity index is 1130. The van der Waals surface area contributed by atoms with Gasteiger partial charge < -0.3 is 13.8 Å². The Balaban J connectivity index is 1.62. The van der Waals surface area contributed by atoms with E-state index in [0.717, 1.165) is 16.7 Å². The average molecular weight is 414 g/mol. The highest BCUT2D eigenvalue weighted by atomic mass is 32.2. The molecule has 1 fully saturated rings. The molecular formula is C21H22N2O5S. The highest BCUT2D eigenvalue weighted by Gasteiger charge is 2.36. The molecule has 3 heterocycles. The van der Waals surface area contributed by atoms with Crippen molar-refractivity contribution in [3.8, 4) is 11.3 Å². The van der Waals surface area contributed by atoms with E-state index < -0.39 is 15.9 Å². The smallest absolute Gasteiger partial charge is 0.276 e. The Morgan fingerprint density at radius 1 is 1.21 bits per heavy atom. The van der Waals surface area contributed by atoms with Gasteiger partial charge in [-0.25, -0.2) is 8.42 Å². The van der Waals surface area contributed by atoms with Crippen molar-refractivity contribution in [2.24, 2.45) is 0 Å². The average Bonchev–Trinajstić information content (AvgIpc) is 3.42. The number of rotatable bonds is 5. The Labute approximate surface area is 169 Å². The minimum absolute atomic E-state index is 0.0543. The van der Waals surface area contributed by atoms with Crippen LogP contribution in [0.1, 0.15) is 33.8 Å². The van der Waals surface area contributed by atoms with Gasteiger partial charge in [0.25, 0.3) is 5.91 Å². The van der Waals surface area contributed by atoms with Crippen LogP contribution in [0.15, 0.2) is 51.6 Å². The minimum Gasteiger partial charge on any atom is -0.467 e. The van der Waals surface area contributed by atoms with E-state index in [1.807, 2.05) is 32.0 Å². The van der Waals surface area contributed by atoms with Gasteiger partial charge in [0.1, 0.15) is 5.76 Å². The van der Waals surface area contributed by atoms with E-state index in [4.69, 9.17) is 8.94 Å². The van der Waals surface area contributed by atoms with Gasteiger partial charge >= 0.3 is 0 Å². The molecule has 1 amide bonds. The van der Waals surface area contributed by atoms with Crippen molar-refractivity contribution in [3.63, 3.8) is 0 Å². The fourth-order valence-electron chi connectivity index (χ4n) is 3.51. The molecule has 0 N–H and O–H groups in total. The molecule has 0 bridgehead atoms. The maximum atomic E-state index is 13.2. The molecule has 4 rings (SSSR count). The van der Waals surface area contributed by atoms with Crippen LogP contribution in [0.5, 0.6) is 0 Å². The molecule has 29 heavy (non-hydrogen) atoms. The predicted octanol–water partition coefficient (Wildman–Crippen LogP) is 3.38. The van der Waals surface area contributed by atoms with E-state index in [1.54, 1.807) is 18.2 Å². The van der Waals surface area contributed by atoms with E-state index in [1.165, 1.54) is 11.2 Å². The number of nitrogens with zero attached hydrogens (tertiary/aromatic N) is 2. The van der Waals surface area contributed by atoms with Crippen molar-refractivity contribution in [2.75, 3.05) is 11.5 Å². The summed E-state index contributed by atoms with van der Waals surface area (Å²) in [4.78, 5) is 14.7. The molecule has 2 aromatic heterocycles. The molecule has 152 valence electrons. The molecular weight excluding hydrogens is 392 g/mol. The monoisotopic (exact) mass is 414 g/mol. The van der Waals surface area contributed by atoms with Gasteiger partial charge in [0.15, 0.2) is 21.3 Å². The summed E-state index contributed by atoms with van der Waals surface area (Å²) in [5, 5.41) is 3.96. The molecule has 1 aliphatic heterocycles. The third kappa shape index (κ3) is 4.12. The molecule has 7 nitrogen and oxygen atoms in total. The molecule has 3 aromatic rings. The van der Waals surface area contributed by atoms with Crippen molar-refractivity contribution in [2.45, 2.75) is 32.9 Å². The van der Waals surface area contributed by atoms with Gasteiger partial charge in [-0.15, -0.1) is 0 Å². The summed E-state index contributed by atoms with van der Waals surface area (Å²) >= 11 is 0. The van der Waals surface area contributed by atoms with Crippen LogP contribution >= 0.6 is 0 Å². The lowest BCUT2D eigenvalue weighted by Crippen LogP contribution is -2.40. The van der Waals surface area contributed by atoms with Crippen LogP contribution in [0, 0.1) is 13.8 Å². The van der Waals surface area contributed by atoms with E-state index in [0.29, 0.717) is 17.9 Å². The first kappa shape index (κ1) is 19.4. The third-order valence-electron chi connectivity index (χ3n) is 5.34. The van der Waals surface area contributed by atoms with Crippen LogP contribution in [0.25, 0.3) is 11.3 Å². The highest BCUT2D eigenvalue weighted by Crippen LogP contribution is 2.26. The summed E-state index contributed by atoms with van der Waals surface area (Å²) in [5.74, 6) is 0.726. The topological polar surface area (TPSA) is 93.6 Å². The molecule has 1 saturated heterocycles. The van der Waals surface area contributed by atoms with Crippen LogP contribution in [0.2, 0.25) is 0 Å². The Hall–Kier alpha value is -2.87. The SMILES string of the molecule is Cc1ccc(-c2cc(C(=O)N(Cc3ccco3)C3CCS(=O)(=O)C3)no2)cc1C. The van der Waals surface area contributed by atoms with Gasteiger partial charge in [-0.3, -0.25) is 4.79 Å². The van der Waals surface area contributed by atoms with Gasteiger partial charge in [-0.05, 0) is 49.6 Å². The van der Waals surface area contributed by atoms with Gasteiger partial charge in [-0.1, -0.05) is 17.3 Å². The number of aryl methyl sites for hydroxylation is 2. The minimum atomic E-state index is -3.15. The zero-order valence-electron chi connectivity index (χ0n) is 16.3. The number of benzene rings is 1. The summed E-state index contributed by atoms with van der Waals surface area (Å²) in [6.45, 7) is 4.21. The van der Waals surface area contributed by atoms with Gasteiger partial charge in [0, 0.05) is 17.7 Å². The maximum absolute atomic E-state index is 13.2. The Kier molecular flexibility index (Phi) is 5.04. The zero-order valence-corrected chi connectivity index (χ0v) is 17.1. The molecule has 1 aliphatic rings. The maximum Gasteiger partial charge on any atom is 0.276 e. The lowest BCUT2D eigenvalue weighted by molar-refractivity contribution is 0.0655. The number of hydrogen-bond acceptors (Lipinski definition) is 6. The summed E-state index contributed by atoms with van der Waals surface area (Å²) in [5.41, 5.74) is 3.26. The van der Waals surface area contributed by atoms with Crippen molar-refractivity contribution in [3.05, 3.63) is 65.2 Å². The number of hydrogen-bond donors (Lipinski definition) is 0. The molecule has 8 heteroatoms. The summed E-state index contributed by atoms with van der Waals surface area (Å²) in [7, 11) is -3.15. The summed E-state index contributed by atoms with van der Waals surface area (Å²) in [6.07, 6.45) is 1.92. The van der Waals surface area contributed by atoms with Crippen LogP contribution in [-0.4, -0.2) is 41.9 Å². The summed E-state index contributed by atoms with van der Waals surface area (Å²) < 4.78 is 34.7. The molecule has 0 aliphatic carbocycles. The third-order valence-corrected chi connectivity index (χ3v) is 7.09. The first-order chi connectivity index (χ1) is 13.8. The number of amides is 1. The largest absolute Gasteiger partial charge is 0.467 e. The second-order valence-corrected chi connectivity index (χ2v) is 9.67. The highest BCUT2D eigenvalue weighted by molar-refractivity contribution is 7.91. The van der Waals surface area contributed by atoms with E-state index in [-0.39, 0.29) is 29.7 Å². The first-order valence-corrected chi connectivity index (χ1v) is 11.2. The number of aromatic nitrogens is 1. The molecule has 1 aromatic carbocycles. The second-order valence-electron chi connectivity index (χ2n) is 7.44. The number of sulfone groups is 1. The summed E-state index contributed by atoms with van der Waals surface area (Å²) in [6, 6.07) is 10.6. The quantitative estimate of drug-likeness (QED) is 0.635. The van der Waals surface area contributed by atoms with Crippen molar-refractivity contribution in [1.82, 2.24) is 10.1 Å². The molecule has 1 unspecified atom stereocenters. The Morgan fingerprint density at radius 2 is 2.03 bits per heavy atom. The van der Waals surface area contributed by atoms with Crippen LogP contribution in [-0.2, 0) is 16.4 Å². The van der Waals surface area contributed by atoms with Crippen LogP contribution in [0.4, 0.5) is 0 Å². The van der Waals surface area contributed by atoms with Gasteiger partial charge in [-0.2, -0.15) is 0 Å². The predicted molar refractivity (Wildman–Crippen MR) is 107 cm³/mol. The van der Waals surface area contributed by atoms with E-state index >= 15 is 0 Å². The fourth-order valence-corrected chi connectivity index (χ4v) is 5.24. The van der Waals surface area contributed by atoms with Crippen molar-refractivity contribution >= 4 is 15.7 Å².